The van der Waals surface area contributed by atoms with E-state index in [2.05, 4.69) is 10.2 Å². The molecule has 0 aliphatic carbocycles. The summed E-state index contributed by atoms with van der Waals surface area (Å²) in [5.74, 6) is -0.151. The summed E-state index contributed by atoms with van der Waals surface area (Å²) in [6.45, 7) is 7.09. The number of likely N-dealkylation sites (N-methyl/N-ethyl adjacent to an activating group) is 1. The lowest BCUT2D eigenvalue weighted by Gasteiger charge is -2.37. The van der Waals surface area contributed by atoms with E-state index in [0.29, 0.717) is 13.0 Å². The molecule has 1 N–H and O–H groups in total. The molecule has 0 bridgehead atoms. The molecule has 1 amide bonds. The summed E-state index contributed by atoms with van der Waals surface area (Å²) < 4.78 is 9.99. The lowest BCUT2D eigenvalue weighted by atomic mass is 9.89. The van der Waals surface area contributed by atoms with E-state index in [4.69, 9.17) is 9.47 Å². The Kier molecular flexibility index (Phi) is 5.80. The number of hydrogen-bond donors (Lipinski definition) is 1. The maximum atomic E-state index is 11.9. The van der Waals surface area contributed by atoms with Crippen molar-refractivity contribution in [2.45, 2.75) is 45.3 Å². The van der Waals surface area contributed by atoms with E-state index in [9.17, 15) is 9.59 Å². The van der Waals surface area contributed by atoms with Gasteiger partial charge in [-0.2, -0.15) is 0 Å². The first-order valence-electron chi connectivity index (χ1n) is 6.96. The zero-order valence-electron chi connectivity index (χ0n) is 13.1. The third-order valence-corrected chi connectivity index (χ3v) is 3.32. The Labute approximate surface area is 120 Å². The molecule has 1 aliphatic heterocycles. The van der Waals surface area contributed by atoms with Crippen LogP contribution in [0.15, 0.2) is 0 Å². The quantitative estimate of drug-likeness (QED) is 0.794. The highest BCUT2D eigenvalue weighted by molar-refractivity contribution is 5.70. The van der Waals surface area contributed by atoms with Gasteiger partial charge in [-0.1, -0.05) is 0 Å². The molecule has 1 aliphatic rings. The third kappa shape index (κ3) is 5.77. The van der Waals surface area contributed by atoms with Crippen molar-refractivity contribution in [2.24, 2.45) is 5.92 Å². The minimum atomic E-state index is -0.525. The minimum absolute atomic E-state index is 0.0890. The van der Waals surface area contributed by atoms with Gasteiger partial charge in [-0.25, -0.2) is 4.79 Å². The van der Waals surface area contributed by atoms with Gasteiger partial charge in [0.05, 0.1) is 13.5 Å². The topological polar surface area (TPSA) is 67.9 Å². The molecule has 0 aromatic carbocycles. The van der Waals surface area contributed by atoms with E-state index in [-0.39, 0.29) is 17.9 Å². The monoisotopic (exact) mass is 286 g/mol. The highest BCUT2D eigenvalue weighted by Crippen LogP contribution is 2.21. The second-order valence-corrected chi connectivity index (χ2v) is 6.34. The lowest BCUT2D eigenvalue weighted by Crippen LogP contribution is -2.52. The van der Waals surface area contributed by atoms with Crippen LogP contribution in [0.3, 0.4) is 0 Å². The van der Waals surface area contributed by atoms with Gasteiger partial charge >= 0.3 is 12.1 Å². The number of nitrogens with one attached hydrogen (secondary N) is 1. The number of nitrogens with zero attached hydrogens (tertiary/aromatic N) is 1. The van der Waals surface area contributed by atoms with Gasteiger partial charge in [-0.15, -0.1) is 0 Å². The number of methoxy groups -OCH3 is 1. The summed E-state index contributed by atoms with van der Waals surface area (Å²) >= 11 is 0. The normalized spacial score (nSPS) is 24.1. The van der Waals surface area contributed by atoms with Crippen molar-refractivity contribution >= 4 is 12.1 Å². The molecule has 6 nitrogen and oxygen atoms in total. The summed E-state index contributed by atoms with van der Waals surface area (Å²) in [5, 5.41) is 2.87. The first-order valence-corrected chi connectivity index (χ1v) is 6.96. The number of esters is 1. The largest absolute Gasteiger partial charge is 0.469 e. The molecule has 0 aromatic rings. The number of carbonyl (C=O) groups excluding carboxylic acids is 2. The Balaban J connectivity index is 2.61. The molecule has 1 rings (SSSR count). The number of likely N-dealkylation sites (tertiary alicyclic amines) is 1. The Morgan fingerprint density at radius 2 is 2.00 bits per heavy atom. The summed E-state index contributed by atoms with van der Waals surface area (Å²) in [7, 11) is 3.38. The Morgan fingerprint density at radius 1 is 1.35 bits per heavy atom. The highest BCUT2D eigenvalue weighted by atomic mass is 16.6. The maximum Gasteiger partial charge on any atom is 0.407 e. The van der Waals surface area contributed by atoms with Crippen molar-refractivity contribution in [1.82, 2.24) is 10.2 Å². The first-order chi connectivity index (χ1) is 9.21. The van der Waals surface area contributed by atoms with E-state index < -0.39 is 11.7 Å². The molecule has 0 saturated carbocycles. The van der Waals surface area contributed by atoms with Crippen molar-refractivity contribution in [3.05, 3.63) is 0 Å². The van der Waals surface area contributed by atoms with Crippen LogP contribution in [0.2, 0.25) is 0 Å². The average Bonchev–Trinajstić information content (AvgIpc) is 2.29. The fourth-order valence-corrected chi connectivity index (χ4v) is 2.33. The minimum Gasteiger partial charge on any atom is -0.469 e. The molecule has 6 heteroatoms. The standard InChI is InChI=1S/C14H26N2O4/c1-14(2,3)20-13(18)15-11-9-16(4)7-6-10(11)8-12(17)19-5/h10-11H,6-9H2,1-5H3,(H,15,18). The number of carbonyl (C=O) groups is 2. The second kappa shape index (κ2) is 6.92. The molecule has 1 fully saturated rings. The zero-order chi connectivity index (χ0) is 15.3. The predicted molar refractivity (Wildman–Crippen MR) is 75.4 cm³/mol. The fourth-order valence-electron chi connectivity index (χ4n) is 2.33. The predicted octanol–water partition coefficient (Wildman–Crippen LogP) is 1.39. The van der Waals surface area contributed by atoms with Gasteiger partial charge in [0.15, 0.2) is 0 Å². The van der Waals surface area contributed by atoms with E-state index in [1.165, 1.54) is 7.11 Å². The van der Waals surface area contributed by atoms with E-state index in [0.717, 1.165) is 13.0 Å². The van der Waals surface area contributed by atoms with Crippen molar-refractivity contribution in [3.63, 3.8) is 0 Å². The summed E-state index contributed by atoms with van der Waals surface area (Å²) in [5.41, 5.74) is -0.525. The average molecular weight is 286 g/mol. The maximum absolute atomic E-state index is 11.9. The smallest absolute Gasteiger partial charge is 0.407 e. The number of hydrogen-bond acceptors (Lipinski definition) is 5. The fraction of sp³-hybridized carbons (Fsp3) is 0.857. The van der Waals surface area contributed by atoms with E-state index in [1.54, 1.807) is 0 Å². The number of ether oxygens (including phenoxy) is 2. The number of amides is 1. The van der Waals surface area contributed by atoms with Crippen LogP contribution in [0.25, 0.3) is 0 Å². The Hall–Kier alpha value is -1.30. The Bertz CT molecular complexity index is 352. The van der Waals surface area contributed by atoms with Gasteiger partial charge in [-0.3, -0.25) is 4.79 Å². The van der Waals surface area contributed by atoms with Crippen LogP contribution in [-0.4, -0.2) is 55.9 Å². The van der Waals surface area contributed by atoms with E-state index >= 15 is 0 Å². The van der Waals surface area contributed by atoms with Gasteiger partial charge in [0.2, 0.25) is 0 Å². The summed E-state index contributed by atoms with van der Waals surface area (Å²) in [6, 6.07) is -0.0947. The molecule has 2 atom stereocenters. The van der Waals surface area contributed by atoms with Gasteiger partial charge in [0, 0.05) is 12.6 Å². The summed E-state index contributed by atoms with van der Waals surface area (Å²) in [6.07, 6.45) is 0.740. The molecule has 0 radical (unpaired) electrons. The van der Waals surface area contributed by atoms with Crippen LogP contribution in [0.1, 0.15) is 33.6 Å². The van der Waals surface area contributed by atoms with Gasteiger partial charge in [-0.05, 0) is 46.7 Å². The van der Waals surface area contributed by atoms with Crippen LogP contribution in [-0.2, 0) is 14.3 Å². The molecule has 0 aromatic heterocycles. The third-order valence-electron chi connectivity index (χ3n) is 3.32. The van der Waals surface area contributed by atoms with Crippen molar-refractivity contribution in [1.29, 1.82) is 0 Å². The van der Waals surface area contributed by atoms with E-state index in [1.807, 2.05) is 27.8 Å². The zero-order valence-corrected chi connectivity index (χ0v) is 13.1. The molecular formula is C14H26N2O4. The Morgan fingerprint density at radius 3 is 2.55 bits per heavy atom. The van der Waals surface area contributed by atoms with Crippen molar-refractivity contribution in [3.8, 4) is 0 Å². The number of rotatable bonds is 3. The number of piperidine rings is 1. The molecular weight excluding hydrogens is 260 g/mol. The van der Waals surface area contributed by atoms with Gasteiger partial charge < -0.3 is 19.7 Å². The molecule has 0 spiro atoms. The number of alkyl carbamates (subject to hydrolysis) is 1. The van der Waals surface area contributed by atoms with Crippen LogP contribution in [0.5, 0.6) is 0 Å². The van der Waals surface area contributed by atoms with Crippen molar-refractivity contribution in [2.75, 3.05) is 27.2 Å². The van der Waals surface area contributed by atoms with Gasteiger partial charge in [0.25, 0.3) is 0 Å². The lowest BCUT2D eigenvalue weighted by molar-refractivity contribution is -0.142. The van der Waals surface area contributed by atoms with Crippen LogP contribution < -0.4 is 5.32 Å². The van der Waals surface area contributed by atoms with Crippen molar-refractivity contribution < 1.29 is 19.1 Å². The first kappa shape index (κ1) is 16.8. The van der Waals surface area contributed by atoms with Crippen LogP contribution >= 0.6 is 0 Å². The molecule has 20 heavy (non-hydrogen) atoms. The molecule has 116 valence electrons. The van der Waals surface area contributed by atoms with Crippen LogP contribution in [0, 0.1) is 5.92 Å². The molecule has 1 saturated heterocycles. The highest BCUT2D eigenvalue weighted by Gasteiger charge is 2.32. The van der Waals surface area contributed by atoms with Crippen LogP contribution in [0.4, 0.5) is 4.79 Å². The summed E-state index contributed by atoms with van der Waals surface area (Å²) in [4.78, 5) is 25.4. The second-order valence-electron chi connectivity index (χ2n) is 6.34. The molecule has 2 unspecified atom stereocenters. The van der Waals surface area contributed by atoms with Gasteiger partial charge in [0.1, 0.15) is 5.60 Å². The SMILES string of the molecule is COC(=O)CC1CCN(C)CC1NC(=O)OC(C)(C)C. The molecule has 1 heterocycles.